The van der Waals surface area contributed by atoms with Crippen LogP contribution < -0.4 is 0 Å². The van der Waals surface area contributed by atoms with E-state index >= 15 is 0 Å². The lowest BCUT2D eigenvalue weighted by atomic mass is 9.43. The molecule has 0 amide bonds. The van der Waals surface area contributed by atoms with Gasteiger partial charge in [-0.15, -0.1) is 6.58 Å². The van der Waals surface area contributed by atoms with E-state index in [0.29, 0.717) is 24.5 Å². The minimum Gasteiger partial charge on any atom is -0.393 e. The van der Waals surface area contributed by atoms with Crippen molar-refractivity contribution in [2.45, 2.75) is 84.0 Å². The molecule has 3 aliphatic rings. The molecule has 2 saturated carbocycles. The average Bonchev–Trinajstić information content (AvgIpc) is 2.41. The van der Waals surface area contributed by atoms with Crippen molar-refractivity contribution in [3.05, 3.63) is 12.7 Å². The highest BCUT2D eigenvalue weighted by Gasteiger charge is 2.65. The third kappa shape index (κ3) is 2.26. The van der Waals surface area contributed by atoms with E-state index < -0.39 is 11.7 Å². The van der Waals surface area contributed by atoms with Crippen LogP contribution in [0.15, 0.2) is 12.7 Å². The Kier molecular flexibility index (Phi) is 3.67. The van der Waals surface area contributed by atoms with Crippen LogP contribution in [0.1, 0.15) is 66.7 Å². The van der Waals surface area contributed by atoms with Gasteiger partial charge in [0.15, 0.2) is 0 Å². The zero-order valence-corrected chi connectivity index (χ0v) is 15.3. The molecule has 0 aromatic carbocycles. The molecule has 3 fully saturated rings. The van der Waals surface area contributed by atoms with Crippen LogP contribution in [0.4, 0.5) is 0 Å². The summed E-state index contributed by atoms with van der Waals surface area (Å²) in [5.41, 5.74) is -1.16. The molecule has 6 atom stereocenters. The molecule has 1 saturated heterocycles. The molecule has 0 unspecified atom stereocenters. The third-order valence-corrected chi connectivity index (χ3v) is 7.47. The van der Waals surface area contributed by atoms with Crippen molar-refractivity contribution in [2.24, 2.45) is 22.7 Å². The number of fused-ring (bicyclic) bond motifs is 3. The Hall–Kier alpha value is -0.670. The lowest BCUT2D eigenvalue weighted by Gasteiger charge is -2.65. The second-order valence-corrected chi connectivity index (χ2v) is 9.42. The second kappa shape index (κ2) is 4.92. The summed E-state index contributed by atoms with van der Waals surface area (Å²) < 4.78 is 6.53. The topological polar surface area (TPSA) is 46.5 Å². The number of carbonyl (C=O) groups is 1. The van der Waals surface area contributed by atoms with Crippen LogP contribution >= 0.6 is 0 Å². The van der Waals surface area contributed by atoms with Gasteiger partial charge in [0.25, 0.3) is 0 Å². The van der Waals surface area contributed by atoms with E-state index in [-0.39, 0.29) is 22.3 Å². The number of hydrogen-bond donors (Lipinski definition) is 1. The number of aliphatic hydroxyl groups is 1. The Labute approximate surface area is 140 Å². The number of ketones is 1. The fourth-order valence-corrected chi connectivity index (χ4v) is 6.44. The Morgan fingerprint density at radius 2 is 1.87 bits per heavy atom. The zero-order chi connectivity index (χ0) is 17.3. The molecule has 0 aromatic rings. The molecule has 130 valence electrons. The molecule has 1 heterocycles. The molecule has 2 aliphatic carbocycles. The first-order valence-corrected chi connectivity index (χ1v) is 9.04. The Morgan fingerprint density at radius 1 is 1.22 bits per heavy atom. The monoisotopic (exact) mass is 320 g/mol. The summed E-state index contributed by atoms with van der Waals surface area (Å²) in [6.07, 6.45) is 5.39. The van der Waals surface area contributed by atoms with Gasteiger partial charge in [-0.1, -0.05) is 26.8 Å². The summed E-state index contributed by atoms with van der Waals surface area (Å²) in [5, 5.41) is 11.1. The summed E-state index contributed by atoms with van der Waals surface area (Å²) in [5.74, 6) is 0.778. The van der Waals surface area contributed by atoms with Gasteiger partial charge in [-0.2, -0.15) is 0 Å². The van der Waals surface area contributed by atoms with Gasteiger partial charge in [-0.3, -0.25) is 4.79 Å². The van der Waals surface area contributed by atoms with Crippen LogP contribution in [0, 0.1) is 22.7 Å². The lowest BCUT2D eigenvalue weighted by molar-refractivity contribution is -0.280. The number of hydrogen-bond acceptors (Lipinski definition) is 3. The molecule has 3 rings (SSSR count). The number of ether oxygens (including phenoxy) is 1. The quantitative estimate of drug-likeness (QED) is 0.746. The smallest absolute Gasteiger partial charge is 0.138 e. The van der Waals surface area contributed by atoms with Crippen LogP contribution in [0.5, 0.6) is 0 Å². The van der Waals surface area contributed by atoms with Gasteiger partial charge >= 0.3 is 0 Å². The van der Waals surface area contributed by atoms with Crippen molar-refractivity contribution in [3.8, 4) is 0 Å². The molecular weight excluding hydrogens is 288 g/mol. The van der Waals surface area contributed by atoms with Crippen LogP contribution in [0.3, 0.4) is 0 Å². The number of aliphatic hydroxyl groups excluding tert-OH is 1. The molecular formula is C20H32O3. The van der Waals surface area contributed by atoms with Crippen LogP contribution in [-0.4, -0.2) is 28.2 Å². The van der Waals surface area contributed by atoms with E-state index in [9.17, 15) is 9.90 Å². The Morgan fingerprint density at radius 3 is 2.48 bits per heavy atom. The summed E-state index contributed by atoms with van der Waals surface area (Å²) in [6.45, 7) is 14.6. The molecule has 3 nitrogen and oxygen atoms in total. The summed E-state index contributed by atoms with van der Waals surface area (Å²) in [4.78, 5) is 12.5. The fraction of sp³-hybridized carbons (Fsp3) is 0.850. The van der Waals surface area contributed by atoms with Gasteiger partial charge in [0.1, 0.15) is 5.78 Å². The maximum Gasteiger partial charge on any atom is 0.138 e. The van der Waals surface area contributed by atoms with Crippen LogP contribution in [0.2, 0.25) is 0 Å². The Bertz CT molecular complexity index is 539. The minimum atomic E-state index is -0.464. The van der Waals surface area contributed by atoms with Crippen molar-refractivity contribution < 1.29 is 14.6 Å². The molecule has 0 radical (unpaired) electrons. The summed E-state index contributed by atoms with van der Waals surface area (Å²) in [7, 11) is 0. The van der Waals surface area contributed by atoms with Gasteiger partial charge < -0.3 is 9.84 Å². The summed E-state index contributed by atoms with van der Waals surface area (Å²) in [6, 6.07) is 0. The number of Topliss-reactive ketones (excluding diaryl/α,β-unsaturated/α-hetero) is 1. The zero-order valence-electron chi connectivity index (χ0n) is 15.3. The van der Waals surface area contributed by atoms with Gasteiger partial charge in [-0.25, -0.2) is 0 Å². The predicted molar refractivity (Wildman–Crippen MR) is 91.1 cm³/mol. The van der Waals surface area contributed by atoms with E-state index in [1.165, 1.54) is 0 Å². The average molecular weight is 320 g/mol. The standard InChI is InChI=1S/C20H32O3/c1-7-18(4)12-13(21)16-19(5)10-9-15(22)17(2,3)14(19)8-11-20(16,6)23-18/h7,13-14,16,21H,1,8-12H2,2-6H3/t13-,14+,16-,18-,19+,20-/m0/s1. The predicted octanol–water partition coefficient (Wildman–Crippen LogP) is 3.89. The van der Waals surface area contributed by atoms with Gasteiger partial charge in [0.2, 0.25) is 0 Å². The highest BCUT2D eigenvalue weighted by Crippen LogP contribution is 2.64. The minimum absolute atomic E-state index is 0.0493. The van der Waals surface area contributed by atoms with E-state index in [1.54, 1.807) is 0 Å². The third-order valence-electron chi connectivity index (χ3n) is 7.47. The Balaban J connectivity index is 2.03. The normalized spacial score (nSPS) is 52.4. The number of rotatable bonds is 1. The van der Waals surface area contributed by atoms with Gasteiger partial charge in [0, 0.05) is 24.2 Å². The van der Waals surface area contributed by atoms with Gasteiger partial charge in [0.05, 0.1) is 17.3 Å². The highest BCUT2D eigenvalue weighted by molar-refractivity contribution is 5.85. The first-order valence-electron chi connectivity index (χ1n) is 9.04. The first-order chi connectivity index (χ1) is 10.5. The van der Waals surface area contributed by atoms with E-state index in [4.69, 9.17) is 4.74 Å². The molecule has 0 spiro atoms. The van der Waals surface area contributed by atoms with Crippen molar-refractivity contribution in [1.82, 2.24) is 0 Å². The van der Waals surface area contributed by atoms with E-state index in [1.807, 2.05) is 13.0 Å². The van der Waals surface area contributed by atoms with E-state index in [0.717, 1.165) is 19.3 Å². The highest BCUT2D eigenvalue weighted by atomic mass is 16.5. The molecule has 23 heavy (non-hydrogen) atoms. The van der Waals surface area contributed by atoms with Crippen molar-refractivity contribution >= 4 is 5.78 Å². The maximum absolute atomic E-state index is 12.5. The fourth-order valence-electron chi connectivity index (χ4n) is 6.44. The molecule has 1 N–H and O–H groups in total. The van der Waals surface area contributed by atoms with Gasteiger partial charge in [-0.05, 0) is 44.4 Å². The molecule has 3 heteroatoms. The van der Waals surface area contributed by atoms with Crippen LogP contribution in [-0.2, 0) is 9.53 Å². The largest absolute Gasteiger partial charge is 0.393 e. The van der Waals surface area contributed by atoms with Crippen molar-refractivity contribution in [2.75, 3.05) is 0 Å². The number of carbonyl (C=O) groups excluding carboxylic acids is 1. The second-order valence-electron chi connectivity index (χ2n) is 9.42. The molecule has 0 bridgehead atoms. The van der Waals surface area contributed by atoms with Crippen LogP contribution in [0.25, 0.3) is 0 Å². The SMILES string of the molecule is C=C[C@@]1(C)C[C@H](O)[C@H]2[C@]3(C)CCC(=O)C(C)(C)[C@H]3CC[C@]2(C)O1. The molecule has 1 aliphatic heterocycles. The summed E-state index contributed by atoms with van der Waals surface area (Å²) >= 11 is 0. The first kappa shape index (κ1) is 17.2. The molecule has 0 aromatic heterocycles. The van der Waals surface area contributed by atoms with Crippen molar-refractivity contribution in [3.63, 3.8) is 0 Å². The maximum atomic E-state index is 12.5. The lowest BCUT2D eigenvalue weighted by Crippen LogP contribution is -2.67. The van der Waals surface area contributed by atoms with Crippen molar-refractivity contribution in [1.29, 1.82) is 0 Å². The van der Waals surface area contributed by atoms with E-state index in [2.05, 4.69) is 34.3 Å².